The zero-order valence-electron chi connectivity index (χ0n) is 11.1. The topological polar surface area (TPSA) is 58.5 Å². The Morgan fingerprint density at radius 1 is 1.44 bits per heavy atom. The lowest BCUT2D eigenvalue weighted by molar-refractivity contribution is -0.0572. The van der Waals surface area contributed by atoms with Crippen molar-refractivity contribution in [3.05, 3.63) is 5.82 Å². The molecule has 0 aromatic carbocycles. The minimum Gasteiger partial charge on any atom is -0.388 e. The fourth-order valence-electron chi connectivity index (χ4n) is 2.14. The average molecular weight is 271 g/mol. The lowest BCUT2D eigenvalue weighted by atomic mass is 9.94. The highest BCUT2D eigenvalue weighted by molar-refractivity contribution is 7.09. The van der Waals surface area contributed by atoms with Crippen LogP contribution in [0.2, 0.25) is 0 Å². The number of aryl methyl sites for hydroxylation is 1. The minimum absolute atomic E-state index is 0.594. The Bertz CT molecular complexity index is 377. The zero-order valence-corrected chi connectivity index (χ0v) is 11.9. The van der Waals surface area contributed by atoms with Crippen LogP contribution in [0.25, 0.3) is 0 Å². The minimum atomic E-state index is -0.649. The molecule has 0 unspecified atom stereocenters. The van der Waals surface area contributed by atoms with Crippen LogP contribution in [0.3, 0.4) is 0 Å². The molecule has 1 aliphatic rings. The SMILES string of the molecule is CCCc1nsc(N(C)CC2(O)CCOCC2)n1. The van der Waals surface area contributed by atoms with Gasteiger partial charge in [0, 0.05) is 57.6 Å². The number of hydrogen-bond acceptors (Lipinski definition) is 6. The summed E-state index contributed by atoms with van der Waals surface area (Å²) in [5, 5.41) is 11.3. The fraction of sp³-hybridized carbons (Fsp3) is 0.833. The highest BCUT2D eigenvalue weighted by atomic mass is 32.1. The first-order chi connectivity index (χ1) is 8.63. The number of ether oxygens (including phenoxy) is 1. The summed E-state index contributed by atoms with van der Waals surface area (Å²) in [6, 6.07) is 0. The highest BCUT2D eigenvalue weighted by Crippen LogP contribution is 2.25. The first-order valence-electron chi connectivity index (χ1n) is 6.47. The van der Waals surface area contributed by atoms with Crippen molar-refractivity contribution in [1.29, 1.82) is 0 Å². The van der Waals surface area contributed by atoms with Crippen molar-refractivity contribution < 1.29 is 9.84 Å². The van der Waals surface area contributed by atoms with Crippen molar-refractivity contribution >= 4 is 16.7 Å². The van der Waals surface area contributed by atoms with Crippen LogP contribution in [-0.2, 0) is 11.2 Å². The second-order valence-corrected chi connectivity index (χ2v) is 5.67. The largest absolute Gasteiger partial charge is 0.388 e. The van der Waals surface area contributed by atoms with Gasteiger partial charge >= 0.3 is 0 Å². The van der Waals surface area contributed by atoms with Gasteiger partial charge in [0.15, 0.2) is 0 Å². The maximum Gasteiger partial charge on any atom is 0.205 e. The standard InChI is InChI=1S/C12H21N3O2S/c1-3-4-10-13-11(18-14-10)15(2)9-12(16)5-7-17-8-6-12/h16H,3-9H2,1-2H3. The van der Waals surface area contributed by atoms with Crippen LogP contribution < -0.4 is 4.90 Å². The molecule has 0 aliphatic carbocycles. The molecule has 1 N–H and O–H groups in total. The van der Waals surface area contributed by atoms with E-state index in [1.54, 1.807) is 0 Å². The van der Waals surface area contributed by atoms with Crippen LogP contribution in [-0.4, -0.2) is 46.9 Å². The van der Waals surface area contributed by atoms with Crippen molar-refractivity contribution in [3.63, 3.8) is 0 Å². The molecule has 1 aromatic heterocycles. The number of rotatable bonds is 5. The number of anilines is 1. The van der Waals surface area contributed by atoms with Gasteiger partial charge in [0.25, 0.3) is 0 Å². The molecule has 0 radical (unpaired) electrons. The zero-order chi connectivity index (χ0) is 13.0. The third-order valence-corrected chi connectivity index (χ3v) is 4.08. The second-order valence-electron chi connectivity index (χ2n) is 4.94. The van der Waals surface area contributed by atoms with E-state index in [-0.39, 0.29) is 0 Å². The van der Waals surface area contributed by atoms with Gasteiger partial charge in [-0.1, -0.05) is 6.92 Å². The fourth-order valence-corrected chi connectivity index (χ4v) is 2.81. The Kier molecular flexibility index (Phi) is 4.53. The molecule has 6 heteroatoms. The van der Waals surface area contributed by atoms with Crippen molar-refractivity contribution in [1.82, 2.24) is 9.36 Å². The van der Waals surface area contributed by atoms with Crippen LogP contribution in [0.15, 0.2) is 0 Å². The molecule has 0 amide bonds. The summed E-state index contributed by atoms with van der Waals surface area (Å²) in [5.74, 6) is 0.906. The Morgan fingerprint density at radius 3 is 2.83 bits per heavy atom. The molecule has 102 valence electrons. The lowest BCUT2D eigenvalue weighted by Gasteiger charge is -2.35. The number of aliphatic hydroxyl groups is 1. The number of nitrogens with zero attached hydrogens (tertiary/aromatic N) is 3. The number of likely N-dealkylation sites (N-methyl/N-ethyl adjacent to an activating group) is 1. The van der Waals surface area contributed by atoms with Crippen molar-refractivity contribution in [2.75, 3.05) is 31.7 Å². The van der Waals surface area contributed by atoms with Crippen LogP contribution in [0.1, 0.15) is 32.0 Å². The van der Waals surface area contributed by atoms with Crippen LogP contribution in [0.5, 0.6) is 0 Å². The summed E-state index contributed by atoms with van der Waals surface area (Å²) < 4.78 is 9.61. The van der Waals surface area contributed by atoms with Gasteiger partial charge in [-0.3, -0.25) is 0 Å². The first-order valence-corrected chi connectivity index (χ1v) is 7.24. The maximum atomic E-state index is 10.4. The quantitative estimate of drug-likeness (QED) is 0.879. The van der Waals surface area contributed by atoms with Gasteiger partial charge in [-0.05, 0) is 6.42 Å². The maximum absolute atomic E-state index is 10.4. The molecule has 2 rings (SSSR count). The normalized spacial score (nSPS) is 18.8. The van der Waals surface area contributed by atoms with Gasteiger partial charge < -0.3 is 14.7 Å². The van der Waals surface area contributed by atoms with Crippen LogP contribution >= 0.6 is 11.5 Å². The van der Waals surface area contributed by atoms with Gasteiger partial charge in [0.05, 0.1) is 5.60 Å². The number of hydrogen-bond donors (Lipinski definition) is 1. The summed E-state index contributed by atoms with van der Waals surface area (Å²) in [7, 11) is 1.96. The molecule has 0 spiro atoms. The summed E-state index contributed by atoms with van der Waals surface area (Å²) in [5.41, 5.74) is -0.649. The van der Waals surface area contributed by atoms with E-state index in [0.29, 0.717) is 32.6 Å². The van der Waals surface area contributed by atoms with Crippen LogP contribution in [0.4, 0.5) is 5.13 Å². The Labute approximate surface area is 112 Å². The molecular formula is C12H21N3O2S. The third kappa shape index (κ3) is 3.40. The second kappa shape index (κ2) is 5.95. The lowest BCUT2D eigenvalue weighted by Crippen LogP contribution is -2.45. The molecule has 2 heterocycles. The summed E-state index contributed by atoms with van der Waals surface area (Å²) in [4.78, 5) is 6.49. The van der Waals surface area contributed by atoms with E-state index >= 15 is 0 Å². The molecule has 5 nitrogen and oxygen atoms in total. The summed E-state index contributed by atoms with van der Waals surface area (Å²) in [6.45, 7) is 4.00. The smallest absolute Gasteiger partial charge is 0.205 e. The van der Waals surface area contributed by atoms with E-state index < -0.39 is 5.60 Å². The average Bonchev–Trinajstić information content (AvgIpc) is 2.78. The van der Waals surface area contributed by atoms with Gasteiger partial charge in [-0.15, -0.1) is 0 Å². The summed E-state index contributed by atoms with van der Waals surface area (Å²) >= 11 is 1.41. The molecule has 1 fully saturated rings. The first kappa shape index (κ1) is 13.7. The summed E-state index contributed by atoms with van der Waals surface area (Å²) in [6.07, 6.45) is 3.36. The molecule has 18 heavy (non-hydrogen) atoms. The van der Waals surface area contributed by atoms with E-state index in [9.17, 15) is 5.11 Å². The van der Waals surface area contributed by atoms with Crippen molar-refractivity contribution in [3.8, 4) is 0 Å². The predicted octanol–water partition coefficient (Wildman–Crippen LogP) is 1.47. The molecular weight excluding hydrogens is 250 g/mol. The molecule has 1 saturated heterocycles. The Hall–Kier alpha value is -0.720. The van der Waals surface area contributed by atoms with E-state index in [1.165, 1.54) is 11.5 Å². The van der Waals surface area contributed by atoms with Crippen LogP contribution in [0, 0.1) is 0 Å². The third-order valence-electron chi connectivity index (χ3n) is 3.21. The monoisotopic (exact) mass is 271 g/mol. The molecule has 1 aromatic rings. The molecule has 0 saturated carbocycles. The molecule has 1 aliphatic heterocycles. The molecule has 0 bridgehead atoms. The Balaban J connectivity index is 1.95. The van der Waals surface area contributed by atoms with E-state index in [4.69, 9.17) is 4.74 Å². The van der Waals surface area contributed by atoms with E-state index in [0.717, 1.165) is 23.8 Å². The van der Waals surface area contributed by atoms with Crippen molar-refractivity contribution in [2.45, 2.75) is 38.2 Å². The Morgan fingerprint density at radius 2 is 2.17 bits per heavy atom. The van der Waals surface area contributed by atoms with E-state index in [2.05, 4.69) is 16.3 Å². The highest BCUT2D eigenvalue weighted by Gasteiger charge is 2.31. The van der Waals surface area contributed by atoms with Gasteiger partial charge in [-0.2, -0.15) is 4.37 Å². The van der Waals surface area contributed by atoms with Gasteiger partial charge in [0.1, 0.15) is 5.82 Å². The van der Waals surface area contributed by atoms with E-state index in [1.807, 2.05) is 11.9 Å². The number of aromatic nitrogens is 2. The van der Waals surface area contributed by atoms with Gasteiger partial charge in [0.2, 0.25) is 5.13 Å². The van der Waals surface area contributed by atoms with Crippen molar-refractivity contribution in [2.24, 2.45) is 0 Å². The predicted molar refractivity (Wildman–Crippen MR) is 72.2 cm³/mol. The molecule has 0 atom stereocenters. The van der Waals surface area contributed by atoms with Gasteiger partial charge in [-0.25, -0.2) is 4.98 Å².